The highest BCUT2D eigenvalue weighted by molar-refractivity contribution is 6.61. The molecule has 0 atom stereocenters. The van der Waals surface area contributed by atoms with Crippen molar-refractivity contribution in [1.82, 2.24) is 0 Å². The molecule has 0 heterocycles. The fraction of sp³-hybridized carbons (Fsp3) is 1.00. The number of hydrogen-bond donors (Lipinski definition) is 0. The van der Waals surface area contributed by atoms with Crippen LogP contribution in [0.2, 0.25) is 12.1 Å². The molecular weight excluding hydrogens is 694 g/mol. The Morgan fingerprint density at radius 2 is 0.511 bits per heavy atom. The third-order valence-corrected chi connectivity index (χ3v) is 12.3. The van der Waals surface area contributed by atoms with E-state index in [0.29, 0.717) is 0 Å². The van der Waals surface area contributed by atoms with Gasteiger partial charge in [0.05, 0.1) is 0 Å². The van der Waals surface area contributed by atoms with Gasteiger partial charge >= 0.3 is 59.1 Å². The highest BCUT2D eigenvalue weighted by Crippen LogP contribution is 2.63. The van der Waals surface area contributed by atoms with Crippen LogP contribution in [0.25, 0.3) is 0 Å². The molecule has 22 heteroatoms. The minimum atomic E-state index is -8.18. The van der Waals surface area contributed by atoms with Gasteiger partial charge in [0.15, 0.2) is 0 Å². The van der Waals surface area contributed by atoms with E-state index in [-0.39, 0.29) is 39.6 Å². The fourth-order valence-electron chi connectivity index (χ4n) is 3.99. The summed E-state index contributed by atoms with van der Waals surface area (Å²) in [7, 11) is -8.73. The van der Waals surface area contributed by atoms with Gasteiger partial charge in [-0.15, -0.1) is 0 Å². The summed E-state index contributed by atoms with van der Waals surface area (Å²) in [5.74, 6) is -51.9. The molecule has 0 aromatic rings. The smallest absolute Gasteiger partial charge is 0.374 e. The topological polar surface area (TPSA) is 55.4 Å². The van der Waals surface area contributed by atoms with Gasteiger partial charge in [-0.2, -0.15) is 61.5 Å². The van der Waals surface area contributed by atoms with Gasteiger partial charge in [-0.1, -0.05) is 0 Å². The lowest BCUT2D eigenvalue weighted by Crippen LogP contribution is -2.73. The molecule has 0 rings (SSSR count). The largest absolute Gasteiger partial charge is 0.501 e. The normalized spacial score (nSPS) is 15.2. The SMILES string of the molecule is CCO[Si](CCC(F)(F)C(F)(F)C(F)(F)C(F)(F)C(F)(F)C(F)(F)C(F)(F)CC[Si](OCC)(OCC)OCC)(OCC)OCC. The van der Waals surface area contributed by atoms with E-state index in [4.69, 9.17) is 26.6 Å². The summed E-state index contributed by atoms with van der Waals surface area (Å²) in [4.78, 5) is 0. The Bertz CT molecular complexity index is 796. The zero-order chi connectivity index (χ0) is 35.8. The molecule has 0 saturated carbocycles. The minimum absolute atomic E-state index is 0.346. The molecule has 0 aromatic heterocycles. The summed E-state index contributed by atoms with van der Waals surface area (Å²) in [6.07, 6.45) is -5.01. The number of alkyl halides is 14. The van der Waals surface area contributed by atoms with E-state index < -0.39 is 84.0 Å². The number of hydrogen-bond acceptors (Lipinski definition) is 6. The van der Waals surface area contributed by atoms with Crippen molar-refractivity contribution in [3.8, 4) is 0 Å². The van der Waals surface area contributed by atoms with Crippen LogP contribution in [0.1, 0.15) is 54.4 Å². The van der Waals surface area contributed by atoms with Crippen molar-refractivity contribution >= 4 is 17.6 Å². The van der Waals surface area contributed by atoms with Crippen molar-refractivity contribution in [2.24, 2.45) is 0 Å². The van der Waals surface area contributed by atoms with Gasteiger partial charge in [0, 0.05) is 64.6 Å². The average molecular weight is 733 g/mol. The lowest BCUT2D eigenvalue weighted by molar-refractivity contribution is -0.441. The van der Waals surface area contributed by atoms with E-state index in [0.717, 1.165) is 0 Å². The van der Waals surface area contributed by atoms with Crippen LogP contribution >= 0.6 is 0 Å². The number of rotatable bonds is 24. The molecule has 0 aliphatic carbocycles. The Hall–Kier alpha value is -0.786. The molecule has 0 unspecified atom stereocenters. The molecule has 0 saturated heterocycles. The Morgan fingerprint density at radius 3 is 0.689 bits per heavy atom. The molecule has 6 nitrogen and oxygen atoms in total. The summed E-state index contributed by atoms with van der Waals surface area (Å²) in [6.45, 7) is 5.54. The van der Waals surface area contributed by atoms with Crippen LogP contribution < -0.4 is 0 Å². The van der Waals surface area contributed by atoms with Crippen molar-refractivity contribution in [2.45, 2.75) is 108 Å². The standard InChI is InChI=1S/C23H38F14O6Si2/c1-7-38-44(39-8-2,40-9-3)15-13-17(24,25)19(28,29)21(32,33)23(36,37)22(34,35)20(30,31)18(26,27)14-16-45(41-10-4,42-11-5)43-12-6/h7-16H2,1-6H3. The van der Waals surface area contributed by atoms with E-state index >= 15 is 0 Å². The molecule has 0 aliphatic heterocycles. The lowest BCUT2D eigenvalue weighted by Gasteiger charge is -2.43. The molecule has 0 amide bonds. The highest BCUT2D eigenvalue weighted by Gasteiger charge is 2.92. The van der Waals surface area contributed by atoms with Crippen LogP contribution in [-0.2, 0) is 26.6 Å². The predicted molar refractivity (Wildman–Crippen MR) is 135 cm³/mol. The zero-order valence-corrected chi connectivity index (χ0v) is 27.3. The Kier molecular flexibility index (Phi) is 15.8. The molecule has 272 valence electrons. The Morgan fingerprint density at radius 1 is 0.333 bits per heavy atom. The van der Waals surface area contributed by atoms with Gasteiger partial charge in [0.25, 0.3) is 0 Å². The minimum Gasteiger partial charge on any atom is -0.374 e. The molecule has 0 bridgehead atoms. The van der Waals surface area contributed by atoms with Crippen LogP contribution in [0.15, 0.2) is 0 Å². The second-order valence-electron chi connectivity index (χ2n) is 9.24. The molecule has 0 aromatic carbocycles. The van der Waals surface area contributed by atoms with Crippen molar-refractivity contribution in [3.05, 3.63) is 0 Å². The third-order valence-electron chi connectivity index (χ3n) is 6.17. The molecule has 45 heavy (non-hydrogen) atoms. The summed E-state index contributed by atoms with van der Waals surface area (Å²) in [5, 5.41) is 0. The van der Waals surface area contributed by atoms with Gasteiger partial charge in [-0.25, -0.2) is 0 Å². The Balaban J connectivity index is 6.57. The van der Waals surface area contributed by atoms with E-state index in [9.17, 15) is 61.5 Å². The Labute approximate surface area is 253 Å². The van der Waals surface area contributed by atoms with Crippen LogP contribution in [-0.4, -0.2) is 98.7 Å². The first-order chi connectivity index (χ1) is 20.3. The van der Waals surface area contributed by atoms with Gasteiger partial charge in [0.2, 0.25) is 0 Å². The van der Waals surface area contributed by atoms with E-state index in [2.05, 4.69) is 0 Å². The molecule has 0 fully saturated rings. The first kappa shape index (κ1) is 44.2. The predicted octanol–water partition coefficient (Wildman–Crippen LogP) is 8.31. The fourth-order valence-corrected chi connectivity index (χ4v) is 9.23. The van der Waals surface area contributed by atoms with Gasteiger partial charge < -0.3 is 26.6 Å². The maximum atomic E-state index is 14.5. The summed E-state index contributed by atoms with van der Waals surface area (Å²) >= 11 is 0. The first-order valence-electron chi connectivity index (χ1n) is 13.8. The van der Waals surface area contributed by atoms with Gasteiger partial charge in [-0.05, 0) is 41.5 Å². The average Bonchev–Trinajstić information content (AvgIpc) is 2.91. The lowest BCUT2D eigenvalue weighted by atomic mass is 9.88. The van der Waals surface area contributed by atoms with Crippen LogP contribution in [0.4, 0.5) is 61.5 Å². The van der Waals surface area contributed by atoms with Crippen molar-refractivity contribution in [2.75, 3.05) is 39.6 Å². The third kappa shape index (κ3) is 8.82. The van der Waals surface area contributed by atoms with Crippen LogP contribution in [0.3, 0.4) is 0 Å². The zero-order valence-electron chi connectivity index (χ0n) is 25.3. The molecule has 0 spiro atoms. The molecule has 0 radical (unpaired) electrons. The monoisotopic (exact) mass is 732 g/mol. The van der Waals surface area contributed by atoms with Crippen molar-refractivity contribution in [3.63, 3.8) is 0 Å². The quantitative estimate of drug-likeness (QED) is 0.0736. The second kappa shape index (κ2) is 16.1. The van der Waals surface area contributed by atoms with E-state index in [1.54, 1.807) is 0 Å². The van der Waals surface area contributed by atoms with Gasteiger partial charge in [0.1, 0.15) is 0 Å². The van der Waals surface area contributed by atoms with E-state index in [1.165, 1.54) is 41.5 Å². The summed E-state index contributed by atoms with van der Waals surface area (Å²) < 4.78 is 233. The van der Waals surface area contributed by atoms with Gasteiger partial charge in [-0.3, -0.25) is 0 Å². The van der Waals surface area contributed by atoms with Crippen molar-refractivity contribution in [1.29, 1.82) is 0 Å². The molecule has 0 N–H and O–H groups in total. The summed E-state index contributed by atoms with van der Waals surface area (Å²) in [5.41, 5.74) is 0. The number of halogens is 14. The maximum Gasteiger partial charge on any atom is 0.501 e. The second-order valence-corrected chi connectivity index (χ2v) is 14.7. The first-order valence-corrected chi connectivity index (χ1v) is 17.6. The molecule has 0 aliphatic rings. The summed E-state index contributed by atoms with van der Waals surface area (Å²) in [6, 6.07) is -2.88. The maximum absolute atomic E-state index is 14.5. The highest BCUT2D eigenvalue weighted by atomic mass is 28.4. The van der Waals surface area contributed by atoms with Crippen molar-refractivity contribution < 1.29 is 88.0 Å². The van der Waals surface area contributed by atoms with E-state index in [1.807, 2.05) is 0 Å². The van der Waals surface area contributed by atoms with Crippen LogP contribution in [0, 0.1) is 0 Å². The van der Waals surface area contributed by atoms with Crippen LogP contribution in [0.5, 0.6) is 0 Å². The molecular formula is C23H38F14O6Si2.